The van der Waals surface area contributed by atoms with Crippen molar-refractivity contribution >= 4 is 40.4 Å². The van der Waals surface area contributed by atoms with Crippen LogP contribution in [0.15, 0.2) is 6.07 Å². The maximum atomic E-state index is 12.5. The lowest BCUT2D eigenvalue weighted by molar-refractivity contribution is -0.0266. The second-order valence-electron chi connectivity index (χ2n) is 4.63. The zero-order valence-electron chi connectivity index (χ0n) is 11.1. The molecule has 1 amide bonds. The second-order valence-corrected chi connectivity index (χ2v) is 6.91. The third-order valence-electron chi connectivity index (χ3n) is 3.14. The maximum absolute atomic E-state index is 12.5. The fraction of sp³-hybridized carbons (Fsp3) is 0.417. The molecule has 6 nitrogen and oxygen atoms in total. The van der Waals surface area contributed by atoms with Crippen LogP contribution >= 0.6 is 34.5 Å². The summed E-state index contributed by atoms with van der Waals surface area (Å²) >= 11 is 13.1. The van der Waals surface area contributed by atoms with Crippen LogP contribution in [0.2, 0.25) is 8.67 Å². The molecule has 0 radical (unpaired) electrons. The highest BCUT2D eigenvalue weighted by molar-refractivity contribution is 7.20. The van der Waals surface area contributed by atoms with Crippen LogP contribution in [0.25, 0.3) is 0 Å². The first-order valence-electron chi connectivity index (χ1n) is 6.29. The lowest BCUT2D eigenvalue weighted by Crippen LogP contribution is -2.42. The van der Waals surface area contributed by atoms with Gasteiger partial charge in [0.2, 0.25) is 0 Å². The van der Waals surface area contributed by atoms with Gasteiger partial charge in [0.05, 0.1) is 23.1 Å². The molecular formula is C12H12Cl2N4O2S. The number of nitrogens with one attached hydrogen (secondary N) is 1. The number of aromatic nitrogens is 3. The molecule has 0 spiro atoms. The van der Waals surface area contributed by atoms with E-state index < -0.39 is 0 Å². The van der Waals surface area contributed by atoms with E-state index in [2.05, 4.69) is 15.2 Å². The number of H-pyrrole nitrogens is 1. The largest absolute Gasteiger partial charge is 0.366 e. The summed E-state index contributed by atoms with van der Waals surface area (Å²) in [4.78, 5) is 18.4. The van der Waals surface area contributed by atoms with Gasteiger partial charge in [-0.25, -0.2) is 4.98 Å². The Balaban J connectivity index is 1.77. The van der Waals surface area contributed by atoms with Crippen LogP contribution in [-0.2, 0) is 4.74 Å². The van der Waals surface area contributed by atoms with Crippen LogP contribution in [-0.4, -0.2) is 45.7 Å². The molecule has 1 aliphatic heterocycles. The first-order chi connectivity index (χ1) is 10.0. The summed E-state index contributed by atoms with van der Waals surface area (Å²) in [7, 11) is 0. The Morgan fingerprint density at radius 3 is 3.00 bits per heavy atom. The number of amides is 1. The van der Waals surface area contributed by atoms with E-state index >= 15 is 0 Å². The number of aryl methyl sites for hydroxylation is 1. The lowest BCUT2D eigenvalue weighted by atomic mass is 10.2. The average Bonchev–Trinajstić information content (AvgIpc) is 3.04. The van der Waals surface area contributed by atoms with E-state index in [1.165, 1.54) is 11.3 Å². The lowest BCUT2D eigenvalue weighted by Gasteiger charge is -2.31. The highest BCUT2D eigenvalue weighted by Gasteiger charge is 2.30. The predicted molar refractivity (Wildman–Crippen MR) is 80.1 cm³/mol. The first-order valence-corrected chi connectivity index (χ1v) is 7.86. The number of rotatable bonds is 2. The van der Waals surface area contributed by atoms with E-state index in [0.717, 1.165) is 0 Å². The molecule has 1 aliphatic rings. The van der Waals surface area contributed by atoms with Gasteiger partial charge in [-0.2, -0.15) is 5.10 Å². The van der Waals surface area contributed by atoms with Gasteiger partial charge in [0.1, 0.15) is 16.3 Å². The maximum Gasteiger partial charge on any atom is 0.256 e. The number of carbonyl (C=O) groups excluding carboxylic acids is 1. The van der Waals surface area contributed by atoms with Crippen molar-refractivity contribution in [2.75, 3.05) is 19.7 Å². The van der Waals surface area contributed by atoms with Crippen LogP contribution in [0.4, 0.5) is 0 Å². The third-order valence-corrected chi connectivity index (χ3v) is 4.63. The van der Waals surface area contributed by atoms with Crippen molar-refractivity contribution in [1.82, 2.24) is 20.1 Å². The van der Waals surface area contributed by atoms with Crippen molar-refractivity contribution in [3.05, 3.63) is 32.0 Å². The van der Waals surface area contributed by atoms with Crippen molar-refractivity contribution in [1.29, 1.82) is 0 Å². The monoisotopic (exact) mass is 346 g/mol. The highest BCUT2D eigenvalue weighted by atomic mass is 35.5. The molecule has 2 aromatic rings. The van der Waals surface area contributed by atoms with Crippen molar-refractivity contribution in [2.45, 2.75) is 13.0 Å². The van der Waals surface area contributed by atoms with E-state index in [9.17, 15) is 4.79 Å². The molecule has 1 atom stereocenters. The molecule has 1 fully saturated rings. The van der Waals surface area contributed by atoms with Gasteiger partial charge in [0, 0.05) is 6.54 Å². The third kappa shape index (κ3) is 3.06. The van der Waals surface area contributed by atoms with E-state index in [1.54, 1.807) is 11.0 Å². The van der Waals surface area contributed by atoms with Crippen LogP contribution in [0.5, 0.6) is 0 Å². The number of hydrogen-bond acceptors (Lipinski definition) is 5. The molecule has 9 heteroatoms. The number of thiophene rings is 1. The molecule has 21 heavy (non-hydrogen) atoms. The SMILES string of the molecule is Cc1nc([C@H]2CN(C(=O)c3cc(Cl)sc3Cl)CCO2)n[nH]1. The Bertz CT molecular complexity index is 672. The molecule has 0 saturated carbocycles. The molecule has 1 N–H and O–H groups in total. The molecule has 0 aliphatic carbocycles. The van der Waals surface area contributed by atoms with E-state index in [0.29, 0.717) is 45.6 Å². The van der Waals surface area contributed by atoms with Gasteiger partial charge in [-0.15, -0.1) is 11.3 Å². The minimum Gasteiger partial charge on any atom is -0.366 e. The summed E-state index contributed by atoms with van der Waals surface area (Å²) in [5, 5.41) is 6.86. The minimum atomic E-state index is -0.333. The highest BCUT2D eigenvalue weighted by Crippen LogP contribution is 2.32. The molecule has 112 valence electrons. The average molecular weight is 347 g/mol. The summed E-state index contributed by atoms with van der Waals surface area (Å²) < 4.78 is 6.54. The smallest absolute Gasteiger partial charge is 0.256 e. The summed E-state index contributed by atoms with van der Waals surface area (Å²) in [6, 6.07) is 1.60. The number of aromatic amines is 1. The predicted octanol–water partition coefficient (Wildman–Crippen LogP) is 2.70. The number of nitrogens with zero attached hydrogens (tertiary/aromatic N) is 3. The van der Waals surface area contributed by atoms with Gasteiger partial charge < -0.3 is 9.64 Å². The van der Waals surface area contributed by atoms with Crippen molar-refractivity contribution in [3.8, 4) is 0 Å². The normalized spacial score (nSPS) is 19.0. The van der Waals surface area contributed by atoms with Gasteiger partial charge in [-0.1, -0.05) is 23.2 Å². The summed E-state index contributed by atoms with van der Waals surface area (Å²) in [6.45, 7) is 3.14. The number of morpholine rings is 1. The molecule has 0 bridgehead atoms. The second kappa shape index (κ2) is 5.92. The topological polar surface area (TPSA) is 71.1 Å². The van der Waals surface area contributed by atoms with Gasteiger partial charge in [0.25, 0.3) is 5.91 Å². The van der Waals surface area contributed by atoms with Gasteiger partial charge >= 0.3 is 0 Å². The van der Waals surface area contributed by atoms with Crippen LogP contribution in [0.3, 0.4) is 0 Å². The summed E-state index contributed by atoms with van der Waals surface area (Å²) in [6.07, 6.45) is -0.333. The number of carbonyl (C=O) groups is 1. The number of ether oxygens (including phenoxy) is 1. The van der Waals surface area contributed by atoms with Crippen LogP contribution in [0, 0.1) is 6.92 Å². The fourth-order valence-electron chi connectivity index (χ4n) is 2.15. The van der Waals surface area contributed by atoms with E-state index in [-0.39, 0.29) is 12.0 Å². The Labute approximate surface area is 135 Å². The Morgan fingerprint density at radius 2 is 2.38 bits per heavy atom. The van der Waals surface area contributed by atoms with Gasteiger partial charge in [-0.3, -0.25) is 9.89 Å². The molecule has 3 heterocycles. The summed E-state index contributed by atoms with van der Waals surface area (Å²) in [5.74, 6) is 1.12. The fourth-order valence-corrected chi connectivity index (χ4v) is 3.60. The van der Waals surface area contributed by atoms with Crippen molar-refractivity contribution < 1.29 is 9.53 Å². The zero-order chi connectivity index (χ0) is 15.0. The van der Waals surface area contributed by atoms with Gasteiger partial charge in [0.15, 0.2) is 5.82 Å². The minimum absolute atomic E-state index is 0.149. The molecule has 2 aromatic heterocycles. The standard InChI is InChI=1S/C12H12Cl2N4O2S/c1-6-15-11(17-16-6)8-5-18(2-3-20-8)12(19)7-4-9(13)21-10(7)14/h4,8H,2-3,5H2,1H3,(H,15,16,17)/t8-/m1/s1. The Kier molecular flexibility index (Phi) is 4.17. The summed E-state index contributed by atoms with van der Waals surface area (Å²) in [5.41, 5.74) is 0.429. The zero-order valence-corrected chi connectivity index (χ0v) is 13.4. The molecule has 1 saturated heterocycles. The van der Waals surface area contributed by atoms with Crippen molar-refractivity contribution in [2.24, 2.45) is 0 Å². The first kappa shape index (κ1) is 14.8. The molecule has 0 aromatic carbocycles. The molecule has 3 rings (SSSR count). The number of hydrogen-bond donors (Lipinski definition) is 1. The Morgan fingerprint density at radius 1 is 1.57 bits per heavy atom. The quantitative estimate of drug-likeness (QED) is 0.907. The molecule has 0 unspecified atom stereocenters. The van der Waals surface area contributed by atoms with E-state index in [4.69, 9.17) is 27.9 Å². The van der Waals surface area contributed by atoms with Crippen LogP contribution in [0.1, 0.15) is 28.1 Å². The van der Waals surface area contributed by atoms with Gasteiger partial charge in [-0.05, 0) is 13.0 Å². The number of halogens is 2. The van der Waals surface area contributed by atoms with Crippen LogP contribution < -0.4 is 0 Å². The Hall–Kier alpha value is -1.15. The van der Waals surface area contributed by atoms with E-state index in [1.807, 2.05) is 6.92 Å². The molecular weight excluding hydrogens is 335 g/mol. The van der Waals surface area contributed by atoms with Crippen molar-refractivity contribution in [3.63, 3.8) is 0 Å².